The molecule has 0 spiro atoms. The van der Waals surface area contributed by atoms with Gasteiger partial charge in [0.15, 0.2) is 0 Å². The van der Waals surface area contributed by atoms with Crippen LogP contribution in [0.25, 0.3) is 10.8 Å². The van der Waals surface area contributed by atoms with Gasteiger partial charge >= 0.3 is 0 Å². The third-order valence-electron chi connectivity index (χ3n) is 4.36. The Morgan fingerprint density at radius 2 is 1.48 bits per heavy atom. The van der Waals surface area contributed by atoms with E-state index in [1.807, 2.05) is 54.6 Å². The van der Waals surface area contributed by atoms with E-state index in [1.54, 1.807) is 12.1 Å². The van der Waals surface area contributed by atoms with Crippen LogP contribution >= 0.6 is 0 Å². The van der Waals surface area contributed by atoms with Crippen LogP contribution in [0.5, 0.6) is 0 Å². The van der Waals surface area contributed by atoms with Crippen LogP contribution in [0.3, 0.4) is 0 Å². The standard InChI is InChI=1S/C21H22N2O3S/c1-22-27(25,26)15-17-8-6-16(7-9-17)14-23-21(24)13-18-10-11-19-4-2-3-5-20(19)12-18/h2-12,22H,13-15H2,1H3,(H,23,24). The van der Waals surface area contributed by atoms with Crippen molar-refractivity contribution < 1.29 is 13.2 Å². The number of amides is 1. The van der Waals surface area contributed by atoms with Crippen molar-refractivity contribution in [3.05, 3.63) is 83.4 Å². The highest BCUT2D eigenvalue weighted by molar-refractivity contribution is 7.88. The number of benzene rings is 3. The van der Waals surface area contributed by atoms with E-state index in [0.29, 0.717) is 18.5 Å². The van der Waals surface area contributed by atoms with E-state index in [2.05, 4.69) is 10.0 Å². The lowest BCUT2D eigenvalue weighted by molar-refractivity contribution is -0.120. The molecule has 0 saturated carbocycles. The van der Waals surface area contributed by atoms with E-state index in [0.717, 1.165) is 21.9 Å². The molecule has 140 valence electrons. The van der Waals surface area contributed by atoms with E-state index in [9.17, 15) is 13.2 Å². The summed E-state index contributed by atoms with van der Waals surface area (Å²) >= 11 is 0. The van der Waals surface area contributed by atoms with Gasteiger partial charge in [0.05, 0.1) is 12.2 Å². The van der Waals surface area contributed by atoms with Crippen LogP contribution in [0.15, 0.2) is 66.7 Å². The average Bonchev–Trinajstić information content (AvgIpc) is 2.67. The highest BCUT2D eigenvalue weighted by Gasteiger charge is 2.09. The molecular formula is C21H22N2O3S. The molecule has 0 heterocycles. The summed E-state index contributed by atoms with van der Waals surface area (Å²) < 4.78 is 25.4. The molecule has 2 N–H and O–H groups in total. The lowest BCUT2D eigenvalue weighted by Crippen LogP contribution is -2.24. The minimum absolute atomic E-state index is 0.0490. The molecule has 0 aliphatic carbocycles. The zero-order valence-electron chi connectivity index (χ0n) is 15.1. The Balaban J connectivity index is 1.55. The van der Waals surface area contributed by atoms with Gasteiger partial charge in [0.1, 0.15) is 0 Å². The Morgan fingerprint density at radius 3 is 2.19 bits per heavy atom. The summed E-state index contributed by atoms with van der Waals surface area (Å²) in [6.45, 7) is 0.408. The molecule has 0 radical (unpaired) electrons. The van der Waals surface area contributed by atoms with Gasteiger partial charge in [0.2, 0.25) is 15.9 Å². The molecule has 3 aromatic carbocycles. The quantitative estimate of drug-likeness (QED) is 0.660. The second-order valence-corrected chi connectivity index (χ2v) is 8.34. The van der Waals surface area contributed by atoms with Crippen LogP contribution in [0.2, 0.25) is 0 Å². The van der Waals surface area contributed by atoms with E-state index in [4.69, 9.17) is 0 Å². The van der Waals surface area contributed by atoms with Crippen LogP contribution in [-0.2, 0) is 33.5 Å². The minimum Gasteiger partial charge on any atom is -0.352 e. The summed E-state index contributed by atoms with van der Waals surface area (Å²) in [4.78, 5) is 12.2. The van der Waals surface area contributed by atoms with Crippen molar-refractivity contribution in [2.45, 2.75) is 18.7 Å². The Hall–Kier alpha value is -2.70. The van der Waals surface area contributed by atoms with Gasteiger partial charge in [0, 0.05) is 6.54 Å². The molecule has 0 fully saturated rings. The van der Waals surface area contributed by atoms with Crippen LogP contribution in [-0.4, -0.2) is 21.4 Å². The SMILES string of the molecule is CNS(=O)(=O)Cc1ccc(CNC(=O)Cc2ccc3ccccc3c2)cc1. The normalized spacial score (nSPS) is 11.4. The van der Waals surface area contributed by atoms with Crippen molar-refractivity contribution in [1.82, 2.24) is 10.0 Å². The topological polar surface area (TPSA) is 75.3 Å². The van der Waals surface area contributed by atoms with Crippen LogP contribution in [0.1, 0.15) is 16.7 Å². The lowest BCUT2D eigenvalue weighted by atomic mass is 10.0. The van der Waals surface area contributed by atoms with Gasteiger partial charge in [0.25, 0.3) is 0 Å². The molecular weight excluding hydrogens is 360 g/mol. The van der Waals surface area contributed by atoms with E-state index >= 15 is 0 Å². The fourth-order valence-corrected chi connectivity index (χ4v) is 3.62. The van der Waals surface area contributed by atoms with Crippen molar-refractivity contribution in [2.24, 2.45) is 0 Å². The Labute approximate surface area is 159 Å². The van der Waals surface area contributed by atoms with Crippen molar-refractivity contribution in [1.29, 1.82) is 0 Å². The smallest absolute Gasteiger partial charge is 0.224 e. The molecule has 0 saturated heterocycles. The van der Waals surface area contributed by atoms with Gasteiger partial charge in [-0.25, -0.2) is 13.1 Å². The second-order valence-electron chi connectivity index (χ2n) is 6.41. The molecule has 5 nitrogen and oxygen atoms in total. The molecule has 0 unspecified atom stereocenters. The van der Waals surface area contributed by atoms with Crippen LogP contribution in [0, 0.1) is 0 Å². The maximum absolute atomic E-state index is 12.2. The third-order valence-corrected chi connectivity index (χ3v) is 5.69. The fourth-order valence-electron chi connectivity index (χ4n) is 2.84. The first-order chi connectivity index (χ1) is 12.9. The monoisotopic (exact) mass is 382 g/mol. The largest absolute Gasteiger partial charge is 0.352 e. The number of carbonyl (C=O) groups is 1. The highest BCUT2D eigenvalue weighted by Crippen LogP contribution is 2.16. The number of rotatable bonds is 7. The van der Waals surface area contributed by atoms with E-state index < -0.39 is 10.0 Å². The van der Waals surface area contributed by atoms with Gasteiger partial charge in [-0.05, 0) is 34.5 Å². The number of nitrogens with one attached hydrogen (secondary N) is 2. The van der Waals surface area contributed by atoms with Gasteiger partial charge < -0.3 is 5.32 Å². The van der Waals surface area contributed by atoms with Crippen molar-refractivity contribution in [3.8, 4) is 0 Å². The summed E-state index contributed by atoms with van der Waals surface area (Å²) in [6, 6.07) is 21.3. The highest BCUT2D eigenvalue weighted by atomic mass is 32.2. The molecule has 1 amide bonds. The Bertz CT molecular complexity index is 1040. The molecule has 0 aliphatic heterocycles. The van der Waals surface area contributed by atoms with Gasteiger partial charge in [-0.2, -0.15) is 0 Å². The molecule has 3 aromatic rings. The van der Waals surface area contributed by atoms with Crippen LogP contribution in [0.4, 0.5) is 0 Å². The number of hydrogen-bond acceptors (Lipinski definition) is 3. The van der Waals surface area contributed by atoms with Crippen molar-refractivity contribution in [3.63, 3.8) is 0 Å². The molecule has 0 aromatic heterocycles. The minimum atomic E-state index is -3.28. The molecule has 0 atom stereocenters. The van der Waals surface area contributed by atoms with Crippen molar-refractivity contribution >= 4 is 26.7 Å². The molecule has 0 bridgehead atoms. The summed E-state index contributed by atoms with van der Waals surface area (Å²) in [5.41, 5.74) is 2.60. The molecule has 6 heteroatoms. The summed E-state index contributed by atoms with van der Waals surface area (Å²) in [5, 5.41) is 5.18. The Morgan fingerprint density at radius 1 is 0.852 bits per heavy atom. The summed E-state index contributed by atoms with van der Waals surface area (Å²) in [7, 11) is -1.88. The van der Waals surface area contributed by atoms with Crippen LogP contribution < -0.4 is 10.0 Å². The van der Waals surface area contributed by atoms with E-state index in [-0.39, 0.29) is 11.7 Å². The first-order valence-electron chi connectivity index (χ1n) is 8.68. The lowest BCUT2D eigenvalue weighted by Gasteiger charge is -2.08. The third kappa shape index (κ3) is 5.39. The predicted molar refractivity (Wildman–Crippen MR) is 108 cm³/mol. The van der Waals surface area contributed by atoms with Crippen molar-refractivity contribution in [2.75, 3.05) is 7.05 Å². The maximum atomic E-state index is 12.2. The fraction of sp³-hybridized carbons (Fsp3) is 0.190. The van der Waals surface area contributed by atoms with Gasteiger partial charge in [-0.3, -0.25) is 4.79 Å². The number of fused-ring (bicyclic) bond motifs is 1. The summed E-state index contributed by atoms with van der Waals surface area (Å²) in [6.07, 6.45) is 0.323. The predicted octanol–water partition coefficient (Wildman–Crippen LogP) is 2.75. The molecule has 0 aliphatic rings. The van der Waals surface area contributed by atoms with E-state index in [1.165, 1.54) is 7.05 Å². The number of hydrogen-bond donors (Lipinski definition) is 2. The Kier molecular flexibility index (Phi) is 5.88. The zero-order valence-corrected chi connectivity index (χ0v) is 15.9. The summed E-state index contributed by atoms with van der Waals surface area (Å²) in [5.74, 6) is -0.106. The maximum Gasteiger partial charge on any atom is 0.224 e. The number of sulfonamides is 1. The average molecular weight is 382 g/mol. The molecule has 27 heavy (non-hydrogen) atoms. The first-order valence-corrected chi connectivity index (χ1v) is 10.3. The first kappa shape index (κ1) is 19.1. The zero-order chi connectivity index (χ0) is 19.3. The van der Waals surface area contributed by atoms with Gasteiger partial charge in [-0.1, -0.05) is 66.7 Å². The number of carbonyl (C=O) groups excluding carboxylic acids is 1. The van der Waals surface area contributed by atoms with Gasteiger partial charge in [-0.15, -0.1) is 0 Å². The molecule has 3 rings (SSSR count). The second kappa shape index (κ2) is 8.33.